The molecule has 1 heterocycles. The molecule has 7 nitrogen and oxygen atoms in total. The number of hydrogen-bond acceptors (Lipinski definition) is 5. The molecule has 0 atom stereocenters. The maximum absolute atomic E-state index is 15.4. The minimum absolute atomic E-state index is 0.0152. The van der Waals surface area contributed by atoms with Gasteiger partial charge in [-0.05, 0) is 69.4 Å². The normalized spacial score (nSPS) is 23.7. The van der Waals surface area contributed by atoms with E-state index in [4.69, 9.17) is 9.47 Å². The Balaban J connectivity index is 1.74. The highest BCUT2D eigenvalue weighted by Crippen LogP contribution is 2.41. The largest absolute Gasteiger partial charge is 0.478 e. The minimum atomic E-state index is -4.82. The van der Waals surface area contributed by atoms with Gasteiger partial charge >= 0.3 is 12.1 Å². The van der Waals surface area contributed by atoms with E-state index >= 15 is 4.39 Å². The predicted molar refractivity (Wildman–Crippen MR) is 134 cm³/mol. The van der Waals surface area contributed by atoms with E-state index in [1.165, 1.54) is 4.90 Å². The average Bonchev–Trinajstić information content (AvgIpc) is 2.90. The number of carbonyl (C=O) groups excluding carboxylic acids is 1. The van der Waals surface area contributed by atoms with E-state index < -0.39 is 40.7 Å². The van der Waals surface area contributed by atoms with Crippen LogP contribution in [0.4, 0.5) is 23.2 Å². The number of aromatic nitrogens is 1. The third-order valence-corrected chi connectivity index (χ3v) is 7.77. The Hall–Kier alpha value is -3.21. The van der Waals surface area contributed by atoms with Crippen LogP contribution in [0.1, 0.15) is 74.2 Å². The van der Waals surface area contributed by atoms with Gasteiger partial charge in [-0.25, -0.2) is 14.2 Å². The van der Waals surface area contributed by atoms with Gasteiger partial charge in [0.1, 0.15) is 5.56 Å². The average molecular weight is 553 g/mol. The molecular formula is C28H32F4N2O5. The number of carboxylic acids is 1. The van der Waals surface area contributed by atoms with Crippen LogP contribution < -0.4 is 9.64 Å². The summed E-state index contributed by atoms with van der Waals surface area (Å²) in [7, 11) is 1.61. The molecule has 0 radical (unpaired) electrons. The van der Waals surface area contributed by atoms with Crippen molar-refractivity contribution >= 4 is 17.6 Å². The summed E-state index contributed by atoms with van der Waals surface area (Å²) in [5.74, 6) is -4.32. The number of alkyl halides is 3. The monoisotopic (exact) mass is 552 g/mol. The zero-order chi connectivity index (χ0) is 28.3. The Morgan fingerprint density at radius 1 is 1.05 bits per heavy atom. The summed E-state index contributed by atoms with van der Waals surface area (Å²) in [5, 5.41) is 10.1. The number of carboxylic acid groups (broad SMARTS) is 1. The molecule has 2 aliphatic rings. The van der Waals surface area contributed by atoms with Crippen LogP contribution in [0.15, 0.2) is 30.5 Å². The zero-order valence-electron chi connectivity index (χ0n) is 21.8. The number of aromatic carboxylic acids is 1. The standard InChI is InChI=1S/C28H32F4N2O5/c1-16-5-7-17(8-6-16)26(35)34(18-9-11-19(38-2)12-10-18)23-15-22(29)24(14-20(23)27(36)37)39-25-21(28(30,31)32)4-3-13-33-25/h3-4,13-19H,5-12H2,1-2H3,(H,36,37)/t16-,17-,18?,19?. The molecule has 2 fully saturated rings. The minimum Gasteiger partial charge on any atom is -0.478 e. The van der Waals surface area contributed by atoms with Gasteiger partial charge < -0.3 is 19.5 Å². The number of methoxy groups -OCH3 is 1. The summed E-state index contributed by atoms with van der Waals surface area (Å²) in [6.45, 7) is 2.12. The molecule has 1 amide bonds. The predicted octanol–water partition coefficient (Wildman–Crippen LogP) is 6.85. The van der Waals surface area contributed by atoms with Gasteiger partial charge in [-0.15, -0.1) is 0 Å². The molecule has 0 spiro atoms. The van der Waals surface area contributed by atoms with Crippen molar-refractivity contribution in [2.75, 3.05) is 12.0 Å². The third-order valence-electron chi connectivity index (χ3n) is 7.77. The van der Waals surface area contributed by atoms with Crippen LogP contribution in [0.3, 0.4) is 0 Å². The molecule has 1 aromatic heterocycles. The Kier molecular flexibility index (Phi) is 8.78. The van der Waals surface area contributed by atoms with Crippen molar-refractivity contribution in [2.45, 2.75) is 76.6 Å². The second kappa shape index (κ2) is 11.9. The number of hydrogen-bond donors (Lipinski definition) is 1. The van der Waals surface area contributed by atoms with E-state index in [0.717, 1.165) is 43.3 Å². The van der Waals surface area contributed by atoms with E-state index in [0.29, 0.717) is 44.4 Å². The second-order valence-corrected chi connectivity index (χ2v) is 10.4. The zero-order valence-corrected chi connectivity index (χ0v) is 21.8. The van der Waals surface area contributed by atoms with E-state index in [1.54, 1.807) is 7.11 Å². The van der Waals surface area contributed by atoms with Crippen molar-refractivity contribution in [1.82, 2.24) is 4.98 Å². The lowest BCUT2D eigenvalue weighted by Crippen LogP contribution is -2.47. The highest BCUT2D eigenvalue weighted by Gasteiger charge is 2.38. The van der Waals surface area contributed by atoms with Crippen molar-refractivity contribution in [3.8, 4) is 11.6 Å². The van der Waals surface area contributed by atoms with Gasteiger partial charge in [-0.2, -0.15) is 13.2 Å². The molecule has 2 aliphatic carbocycles. The van der Waals surface area contributed by atoms with E-state index in [2.05, 4.69) is 11.9 Å². The molecule has 1 N–H and O–H groups in total. The maximum Gasteiger partial charge on any atom is 0.421 e. The van der Waals surface area contributed by atoms with Crippen molar-refractivity contribution in [3.63, 3.8) is 0 Å². The molecule has 11 heteroatoms. The van der Waals surface area contributed by atoms with Gasteiger partial charge in [0.15, 0.2) is 11.6 Å². The van der Waals surface area contributed by atoms with Crippen molar-refractivity contribution in [1.29, 1.82) is 0 Å². The Bertz CT molecular complexity index is 1190. The number of pyridine rings is 1. The molecule has 0 saturated heterocycles. The Labute approximate surface area is 224 Å². The van der Waals surface area contributed by atoms with Gasteiger partial charge in [0.2, 0.25) is 11.8 Å². The third kappa shape index (κ3) is 6.51. The van der Waals surface area contributed by atoms with Crippen LogP contribution in [0.5, 0.6) is 11.6 Å². The second-order valence-electron chi connectivity index (χ2n) is 10.4. The molecular weight excluding hydrogens is 520 g/mol. The topological polar surface area (TPSA) is 89.0 Å². The number of rotatable bonds is 7. The number of benzene rings is 1. The number of ether oxygens (including phenoxy) is 2. The van der Waals surface area contributed by atoms with Gasteiger partial charge in [-0.1, -0.05) is 6.92 Å². The first-order valence-electron chi connectivity index (χ1n) is 13.1. The van der Waals surface area contributed by atoms with Crippen molar-refractivity contribution in [2.24, 2.45) is 11.8 Å². The van der Waals surface area contributed by atoms with Gasteiger partial charge in [-0.3, -0.25) is 4.79 Å². The van der Waals surface area contributed by atoms with Crippen LogP contribution in [-0.4, -0.2) is 41.2 Å². The number of carbonyl (C=O) groups is 2. The number of halogens is 4. The van der Waals surface area contributed by atoms with Crippen molar-refractivity contribution < 1.29 is 41.7 Å². The molecule has 2 aromatic rings. The smallest absolute Gasteiger partial charge is 0.421 e. The number of anilines is 1. The number of amides is 1. The summed E-state index contributed by atoms with van der Waals surface area (Å²) >= 11 is 0. The Morgan fingerprint density at radius 2 is 1.72 bits per heavy atom. The quantitative estimate of drug-likeness (QED) is 0.378. The highest BCUT2D eigenvalue weighted by molar-refractivity contribution is 6.03. The van der Waals surface area contributed by atoms with E-state index in [1.807, 2.05) is 0 Å². The fourth-order valence-electron chi connectivity index (χ4n) is 5.52. The van der Waals surface area contributed by atoms with Crippen molar-refractivity contribution in [3.05, 3.63) is 47.4 Å². The summed E-state index contributed by atoms with van der Waals surface area (Å²) in [5.41, 5.74) is -1.81. The molecule has 4 rings (SSSR count). The SMILES string of the molecule is COC1CCC(N(c2cc(F)c(Oc3ncccc3C(F)(F)F)cc2C(=O)O)C(=O)[C@H]2CC[C@H](C)CC2)CC1. The molecule has 0 aliphatic heterocycles. The van der Waals surface area contributed by atoms with Gasteiger partial charge in [0.05, 0.1) is 17.4 Å². The maximum atomic E-state index is 15.4. The molecule has 1 aromatic carbocycles. The van der Waals surface area contributed by atoms with E-state index in [-0.39, 0.29) is 29.7 Å². The first-order valence-corrected chi connectivity index (χ1v) is 13.1. The summed E-state index contributed by atoms with van der Waals surface area (Å²) in [4.78, 5) is 31.2. The highest BCUT2D eigenvalue weighted by atomic mass is 19.4. The lowest BCUT2D eigenvalue weighted by Gasteiger charge is -2.40. The number of nitrogens with zero attached hydrogens (tertiary/aromatic N) is 2. The molecule has 39 heavy (non-hydrogen) atoms. The summed E-state index contributed by atoms with van der Waals surface area (Å²) < 4.78 is 66.3. The fraction of sp³-hybridized carbons (Fsp3) is 0.536. The lowest BCUT2D eigenvalue weighted by atomic mass is 9.81. The first kappa shape index (κ1) is 28.8. The molecule has 2 saturated carbocycles. The first-order chi connectivity index (χ1) is 18.5. The summed E-state index contributed by atoms with van der Waals surface area (Å²) in [6.07, 6.45) is 1.64. The Morgan fingerprint density at radius 3 is 2.31 bits per heavy atom. The molecule has 212 valence electrons. The van der Waals surface area contributed by atoms with Crippen LogP contribution >= 0.6 is 0 Å². The van der Waals surface area contributed by atoms with Crippen LogP contribution in [0, 0.1) is 17.7 Å². The van der Waals surface area contributed by atoms with Gasteiger partial charge in [0, 0.05) is 37.4 Å². The molecule has 0 unspecified atom stereocenters. The van der Waals surface area contributed by atoms with E-state index in [9.17, 15) is 27.9 Å². The fourth-order valence-corrected chi connectivity index (χ4v) is 5.52. The van der Waals surface area contributed by atoms with Crippen LogP contribution in [-0.2, 0) is 15.7 Å². The van der Waals surface area contributed by atoms with Crippen LogP contribution in [0.25, 0.3) is 0 Å². The molecule has 0 bridgehead atoms. The van der Waals surface area contributed by atoms with Crippen LogP contribution in [0.2, 0.25) is 0 Å². The lowest BCUT2D eigenvalue weighted by molar-refractivity contribution is -0.139. The van der Waals surface area contributed by atoms with Gasteiger partial charge in [0.25, 0.3) is 0 Å². The summed E-state index contributed by atoms with van der Waals surface area (Å²) in [6, 6.07) is 3.12.